The van der Waals surface area contributed by atoms with Crippen LogP contribution in [0.25, 0.3) is 10.9 Å². The Morgan fingerprint density at radius 1 is 1.22 bits per heavy atom. The summed E-state index contributed by atoms with van der Waals surface area (Å²) in [5.74, 6) is 0.597. The van der Waals surface area contributed by atoms with Gasteiger partial charge in [-0.05, 0) is 59.5 Å². The first-order valence-corrected chi connectivity index (χ1v) is 7.58. The molecular formula is C15H15BrClN. The first kappa shape index (κ1) is 12.4. The molecule has 1 fully saturated rings. The zero-order valence-electron chi connectivity index (χ0n) is 10.3. The Balaban J connectivity index is 2.20. The van der Waals surface area contributed by atoms with Gasteiger partial charge in [0.25, 0.3) is 0 Å². The molecule has 1 nitrogen and oxygen atoms in total. The van der Waals surface area contributed by atoms with Crippen molar-refractivity contribution in [3.8, 4) is 0 Å². The predicted octanol–water partition coefficient (Wildman–Crippen LogP) is 5.62. The number of aromatic nitrogens is 1. The lowest BCUT2D eigenvalue weighted by Gasteiger charge is -2.12. The normalized spacial score (nSPS) is 16.6. The molecule has 1 aromatic carbocycles. The number of nitrogens with zero attached hydrogens (tertiary/aromatic N) is 1. The van der Waals surface area contributed by atoms with E-state index in [0.717, 1.165) is 26.1 Å². The Hall–Kier alpha value is -0.600. The van der Waals surface area contributed by atoms with Gasteiger partial charge in [-0.25, -0.2) is 0 Å². The molecule has 3 heteroatoms. The van der Waals surface area contributed by atoms with Crippen LogP contribution in [0.15, 0.2) is 22.7 Å². The van der Waals surface area contributed by atoms with Crippen molar-refractivity contribution >= 4 is 38.4 Å². The van der Waals surface area contributed by atoms with Crippen molar-refractivity contribution in [2.24, 2.45) is 0 Å². The van der Waals surface area contributed by atoms with Gasteiger partial charge in [0.1, 0.15) is 0 Å². The fourth-order valence-corrected chi connectivity index (χ4v) is 3.75. The number of benzene rings is 1. The lowest BCUT2D eigenvalue weighted by atomic mass is 10.0. The van der Waals surface area contributed by atoms with E-state index in [0.29, 0.717) is 5.92 Å². The molecule has 2 aromatic rings. The van der Waals surface area contributed by atoms with Gasteiger partial charge in [-0.2, -0.15) is 0 Å². The van der Waals surface area contributed by atoms with E-state index in [2.05, 4.69) is 41.1 Å². The smallest absolute Gasteiger partial charge is 0.0862 e. The summed E-state index contributed by atoms with van der Waals surface area (Å²) in [4.78, 5) is 4.83. The highest BCUT2D eigenvalue weighted by Gasteiger charge is 2.20. The number of pyridine rings is 1. The second-order valence-electron chi connectivity index (χ2n) is 5.15. The van der Waals surface area contributed by atoms with E-state index in [-0.39, 0.29) is 0 Å². The zero-order chi connectivity index (χ0) is 12.7. The highest BCUT2D eigenvalue weighted by molar-refractivity contribution is 9.10. The van der Waals surface area contributed by atoms with Crippen molar-refractivity contribution in [1.29, 1.82) is 0 Å². The van der Waals surface area contributed by atoms with Crippen molar-refractivity contribution in [3.05, 3.63) is 39.0 Å². The fraction of sp³-hybridized carbons (Fsp3) is 0.400. The minimum atomic E-state index is 0.597. The highest BCUT2D eigenvalue weighted by atomic mass is 79.9. The number of fused-ring (bicyclic) bond motifs is 1. The monoisotopic (exact) mass is 323 g/mol. The van der Waals surface area contributed by atoms with E-state index in [1.807, 2.05) is 0 Å². The molecule has 0 amide bonds. The summed E-state index contributed by atoms with van der Waals surface area (Å²) in [5, 5.41) is 1.87. The van der Waals surface area contributed by atoms with Crippen LogP contribution >= 0.6 is 27.5 Å². The Morgan fingerprint density at radius 3 is 2.67 bits per heavy atom. The maximum absolute atomic E-state index is 6.42. The Kier molecular flexibility index (Phi) is 3.33. The van der Waals surface area contributed by atoms with Gasteiger partial charge in [0.05, 0.1) is 10.5 Å². The van der Waals surface area contributed by atoms with Gasteiger partial charge >= 0.3 is 0 Å². The summed E-state index contributed by atoms with van der Waals surface area (Å²) < 4.78 is 1.04. The number of rotatable bonds is 1. The standard InChI is InChI=1S/C15H15BrClN/c1-9-6-11-13(17)8-14(10-4-2-3-5-10)18-15(11)12(16)7-9/h6-8,10H,2-5H2,1H3. The first-order chi connectivity index (χ1) is 8.65. The second kappa shape index (κ2) is 4.82. The quantitative estimate of drug-likeness (QED) is 0.663. The lowest BCUT2D eigenvalue weighted by molar-refractivity contribution is 0.701. The van der Waals surface area contributed by atoms with Crippen LogP contribution in [-0.2, 0) is 0 Å². The molecule has 1 saturated carbocycles. The van der Waals surface area contributed by atoms with Gasteiger partial charge in [0.15, 0.2) is 0 Å². The molecule has 0 aliphatic heterocycles. The van der Waals surface area contributed by atoms with E-state index in [9.17, 15) is 0 Å². The van der Waals surface area contributed by atoms with Crippen LogP contribution in [-0.4, -0.2) is 4.98 Å². The van der Waals surface area contributed by atoms with Crippen molar-refractivity contribution in [1.82, 2.24) is 4.98 Å². The lowest BCUT2D eigenvalue weighted by Crippen LogP contribution is -1.97. The minimum absolute atomic E-state index is 0.597. The summed E-state index contributed by atoms with van der Waals surface area (Å²) in [6.45, 7) is 2.07. The molecule has 1 aliphatic rings. The van der Waals surface area contributed by atoms with Crippen molar-refractivity contribution in [3.63, 3.8) is 0 Å². The van der Waals surface area contributed by atoms with Gasteiger partial charge in [-0.15, -0.1) is 0 Å². The average Bonchev–Trinajstić information content (AvgIpc) is 2.83. The fourth-order valence-electron chi connectivity index (χ4n) is 2.83. The Labute approximate surface area is 121 Å². The Morgan fingerprint density at radius 2 is 1.94 bits per heavy atom. The third-order valence-corrected chi connectivity index (χ3v) is 4.67. The molecule has 0 atom stereocenters. The molecule has 3 rings (SSSR count). The number of halogens is 2. The van der Waals surface area contributed by atoms with E-state index in [1.165, 1.54) is 31.2 Å². The minimum Gasteiger partial charge on any atom is -0.251 e. The van der Waals surface area contributed by atoms with Gasteiger partial charge in [-0.1, -0.05) is 24.4 Å². The van der Waals surface area contributed by atoms with E-state index in [1.54, 1.807) is 0 Å². The Bertz CT molecular complexity index is 603. The molecule has 1 aromatic heterocycles. The molecule has 0 saturated heterocycles. The molecule has 0 spiro atoms. The summed E-state index contributed by atoms with van der Waals surface area (Å²) >= 11 is 10.0. The maximum atomic E-state index is 6.42. The summed E-state index contributed by atoms with van der Waals surface area (Å²) in [5.41, 5.74) is 3.36. The van der Waals surface area contributed by atoms with Crippen LogP contribution in [0.4, 0.5) is 0 Å². The molecule has 0 unspecified atom stereocenters. The molecule has 1 aliphatic carbocycles. The average molecular weight is 325 g/mol. The van der Waals surface area contributed by atoms with Gasteiger partial charge in [0.2, 0.25) is 0 Å². The van der Waals surface area contributed by atoms with E-state index >= 15 is 0 Å². The number of hydrogen-bond donors (Lipinski definition) is 0. The van der Waals surface area contributed by atoms with Gasteiger partial charge in [-0.3, -0.25) is 4.98 Å². The predicted molar refractivity (Wildman–Crippen MR) is 80.4 cm³/mol. The van der Waals surface area contributed by atoms with E-state index in [4.69, 9.17) is 16.6 Å². The summed E-state index contributed by atoms with van der Waals surface area (Å²) in [6.07, 6.45) is 5.13. The molecule has 1 heterocycles. The van der Waals surface area contributed by atoms with Gasteiger partial charge < -0.3 is 0 Å². The summed E-state index contributed by atoms with van der Waals surface area (Å²) in [7, 11) is 0. The molecule has 18 heavy (non-hydrogen) atoms. The first-order valence-electron chi connectivity index (χ1n) is 6.41. The SMILES string of the molecule is Cc1cc(Br)c2nc(C3CCCC3)cc(Cl)c2c1. The molecular weight excluding hydrogens is 310 g/mol. The van der Waals surface area contributed by atoms with Crippen LogP contribution in [0.2, 0.25) is 5.02 Å². The van der Waals surface area contributed by atoms with Crippen molar-refractivity contribution < 1.29 is 0 Å². The van der Waals surface area contributed by atoms with Crippen LogP contribution in [0.5, 0.6) is 0 Å². The van der Waals surface area contributed by atoms with Crippen LogP contribution in [0.3, 0.4) is 0 Å². The van der Waals surface area contributed by atoms with Crippen molar-refractivity contribution in [2.45, 2.75) is 38.5 Å². The molecule has 0 radical (unpaired) electrons. The van der Waals surface area contributed by atoms with Crippen molar-refractivity contribution in [2.75, 3.05) is 0 Å². The number of aryl methyl sites for hydroxylation is 1. The highest BCUT2D eigenvalue weighted by Crippen LogP contribution is 2.37. The summed E-state index contributed by atoms with van der Waals surface area (Å²) in [6, 6.07) is 6.27. The van der Waals surface area contributed by atoms with Crippen LogP contribution < -0.4 is 0 Å². The molecule has 0 bridgehead atoms. The van der Waals surface area contributed by atoms with Crippen LogP contribution in [0.1, 0.15) is 42.9 Å². The zero-order valence-corrected chi connectivity index (χ0v) is 12.7. The van der Waals surface area contributed by atoms with Gasteiger partial charge in [0, 0.05) is 21.5 Å². The second-order valence-corrected chi connectivity index (χ2v) is 6.41. The molecule has 0 N–H and O–H groups in total. The maximum Gasteiger partial charge on any atom is 0.0862 e. The third-order valence-electron chi connectivity index (χ3n) is 3.75. The largest absolute Gasteiger partial charge is 0.251 e. The topological polar surface area (TPSA) is 12.9 Å². The number of hydrogen-bond acceptors (Lipinski definition) is 1. The molecule has 94 valence electrons. The van der Waals surface area contributed by atoms with E-state index < -0.39 is 0 Å². The van der Waals surface area contributed by atoms with Crippen LogP contribution in [0, 0.1) is 6.92 Å². The third kappa shape index (κ3) is 2.17.